The van der Waals surface area contributed by atoms with E-state index in [1.165, 1.54) is 6.33 Å². The number of aryl methyl sites for hydroxylation is 2. The minimum Gasteiger partial charge on any atom is -0.443 e. The first-order valence-electron chi connectivity index (χ1n) is 8.76. The van der Waals surface area contributed by atoms with Crippen LogP contribution in [0.5, 0.6) is 0 Å². The predicted octanol–water partition coefficient (Wildman–Crippen LogP) is 2.36. The summed E-state index contributed by atoms with van der Waals surface area (Å²) in [5.41, 5.74) is 1.65. The van der Waals surface area contributed by atoms with Crippen LogP contribution in [0.3, 0.4) is 0 Å². The van der Waals surface area contributed by atoms with Crippen molar-refractivity contribution in [3.8, 4) is 0 Å². The monoisotopic (exact) mass is 355 g/mol. The molecule has 3 aromatic rings. The van der Waals surface area contributed by atoms with Crippen molar-refractivity contribution in [2.75, 3.05) is 18.0 Å². The maximum atomic E-state index is 12.6. The fourth-order valence-electron chi connectivity index (χ4n) is 3.44. The number of amides is 1. The van der Waals surface area contributed by atoms with Crippen LogP contribution in [-0.2, 0) is 11.3 Å². The Balaban J connectivity index is 1.51. The topological polar surface area (TPSA) is 97.3 Å². The van der Waals surface area contributed by atoms with E-state index in [4.69, 9.17) is 8.94 Å². The summed E-state index contributed by atoms with van der Waals surface area (Å²) in [4.78, 5) is 23.4. The van der Waals surface area contributed by atoms with Gasteiger partial charge in [-0.05, 0) is 26.7 Å². The summed E-state index contributed by atoms with van der Waals surface area (Å²) in [6.07, 6.45) is 4.88. The molecule has 4 rings (SSSR count). The van der Waals surface area contributed by atoms with Crippen LogP contribution in [0.15, 0.2) is 27.5 Å². The van der Waals surface area contributed by atoms with E-state index < -0.39 is 0 Å². The van der Waals surface area contributed by atoms with E-state index in [1.807, 2.05) is 13.8 Å². The molecule has 0 radical (unpaired) electrons. The molecule has 26 heavy (non-hydrogen) atoms. The number of carbonyl (C=O) groups is 1. The standard InChI is InChI=1S/C18H21N5O3/c1-11-12(2)25-18-15(11)16(20-10-21-18)23-7-3-4-13(9-23)17(24)19-8-14-5-6-22-26-14/h5-6,10,13H,3-4,7-9H2,1-2H3,(H,19,24). The van der Waals surface area contributed by atoms with E-state index in [0.29, 0.717) is 24.6 Å². The number of nitrogens with one attached hydrogen (secondary N) is 1. The van der Waals surface area contributed by atoms with Crippen molar-refractivity contribution in [3.63, 3.8) is 0 Å². The van der Waals surface area contributed by atoms with Gasteiger partial charge in [-0.2, -0.15) is 0 Å². The van der Waals surface area contributed by atoms with E-state index in [9.17, 15) is 4.79 Å². The number of hydrogen-bond acceptors (Lipinski definition) is 7. The van der Waals surface area contributed by atoms with Gasteiger partial charge in [0.1, 0.15) is 17.9 Å². The van der Waals surface area contributed by atoms with Crippen molar-refractivity contribution in [2.24, 2.45) is 5.92 Å². The van der Waals surface area contributed by atoms with E-state index in [2.05, 4.69) is 25.3 Å². The Morgan fingerprint density at radius 2 is 2.27 bits per heavy atom. The van der Waals surface area contributed by atoms with Gasteiger partial charge in [0.25, 0.3) is 0 Å². The fraction of sp³-hybridized carbons (Fsp3) is 0.444. The molecule has 3 aromatic heterocycles. The highest BCUT2D eigenvalue weighted by Crippen LogP contribution is 2.32. The molecule has 8 heteroatoms. The zero-order chi connectivity index (χ0) is 18.1. The minimum atomic E-state index is -0.0926. The average molecular weight is 355 g/mol. The number of anilines is 1. The lowest BCUT2D eigenvalue weighted by Gasteiger charge is -2.33. The summed E-state index contributed by atoms with van der Waals surface area (Å²) in [5, 5.41) is 7.51. The average Bonchev–Trinajstić information content (AvgIpc) is 3.28. The number of piperidine rings is 1. The van der Waals surface area contributed by atoms with Gasteiger partial charge in [0, 0.05) is 24.7 Å². The summed E-state index contributed by atoms with van der Waals surface area (Å²) in [6, 6.07) is 1.75. The van der Waals surface area contributed by atoms with Gasteiger partial charge < -0.3 is 19.2 Å². The Labute approximate surface area is 150 Å². The molecule has 0 aliphatic carbocycles. The van der Waals surface area contributed by atoms with Crippen molar-refractivity contribution in [1.29, 1.82) is 0 Å². The van der Waals surface area contributed by atoms with Gasteiger partial charge in [0.15, 0.2) is 5.76 Å². The highest BCUT2D eigenvalue weighted by molar-refractivity contribution is 5.90. The highest BCUT2D eigenvalue weighted by atomic mass is 16.5. The van der Waals surface area contributed by atoms with Gasteiger partial charge in [0.2, 0.25) is 11.6 Å². The second-order valence-corrected chi connectivity index (χ2v) is 6.64. The molecule has 0 bridgehead atoms. The smallest absolute Gasteiger partial charge is 0.231 e. The van der Waals surface area contributed by atoms with Crippen LogP contribution >= 0.6 is 0 Å². The van der Waals surface area contributed by atoms with Crippen molar-refractivity contribution in [2.45, 2.75) is 33.2 Å². The first kappa shape index (κ1) is 16.6. The molecule has 4 heterocycles. The van der Waals surface area contributed by atoms with Gasteiger partial charge in [-0.25, -0.2) is 9.97 Å². The lowest BCUT2D eigenvalue weighted by molar-refractivity contribution is -0.125. The Morgan fingerprint density at radius 3 is 3.08 bits per heavy atom. The molecule has 1 fully saturated rings. The number of aromatic nitrogens is 3. The predicted molar refractivity (Wildman–Crippen MR) is 94.6 cm³/mol. The largest absolute Gasteiger partial charge is 0.443 e. The van der Waals surface area contributed by atoms with Gasteiger partial charge in [0.05, 0.1) is 24.0 Å². The molecule has 1 amide bonds. The summed E-state index contributed by atoms with van der Waals surface area (Å²) in [5.74, 6) is 2.27. The first-order valence-corrected chi connectivity index (χ1v) is 8.76. The van der Waals surface area contributed by atoms with Gasteiger partial charge in [-0.3, -0.25) is 4.79 Å². The molecule has 1 aliphatic rings. The van der Waals surface area contributed by atoms with Crippen molar-refractivity contribution < 1.29 is 13.7 Å². The molecule has 0 spiro atoms. The summed E-state index contributed by atoms with van der Waals surface area (Å²) < 4.78 is 10.7. The number of furan rings is 1. The van der Waals surface area contributed by atoms with Crippen LogP contribution in [0.2, 0.25) is 0 Å². The summed E-state index contributed by atoms with van der Waals surface area (Å²) in [6.45, 7) is 5.78. The number of carbonyl (C=O) groups excluding carboxylic acids is 1. The van der Waals surface area contributed by atoms with E-state index >= 15 is 0 Å². The van der Waals surface area contributed by atoms with Crippen LogP contribution in [0, 0.1) is 19.8 Å². The molecule has 1 unspecified atom stereocenters. The summed E-state index contributed by atoms with van der Waals surface area (Å²) >= 11 is 0. The SMILES string of the molecule is Cc1oc2ncnc(N3CCCC(C(=O)NCc4ccno4)C3)c2c1C. The van der Waals surface area contributed by atoms with E-state index in [0.717, 1.165) is 41.9 Å². The molecule has 1 N–H and O–H groups in total. The zero-order valence-electron chi connectivity index (χ0n) is 14.9. The van der Waals surface area contributed by atoms with E-state index in [-0.39, 0.29) is 11.8 Å². The van der Waals surface area contributed by atoms with Gasteiger partial charge in [-0.15, -0.1) is 0 Å². The van der Waals surface area contributed by atoms with Crippen LogP contribution in [0.25, 0.3) is 11.1 Å². The highest BCUT2D eigenvalue weighted by Gasteiger charge is 2.28. The molecular weight excluding hydrogens is 334 g/mol. The van der Waals surface area contributed by atoms with Crippen LogP contribution in [-0.4, -0.2) is 34.1 Å². The molecule has 1 atom stereocenters. The van der Waals surface area contributed by atoms with Crippen molar-refractivity contribution in [1.82, 2.24) is 20.4 Å². The first-order chi connectivity index (χ1) is 12.6. The number of hydrogen-bond donors (Lipinski definition) is 1. The number of nitrogens with zero attached hydrogens (tertiary/aromatic N) is 4. The minimum absolute atomic E-state index is 0.0245. The third-order valence-electron chi connectivity index (χ3n) is 4.97. The maximum absolute atomic E-state index is 12.6. The Hall–Kier alpha value is -2.90. The molecule has 1 aliphatic heterocycles. The number of fused-ring (bicyclic) bond motifs is 1. The second kappa shape index (κ2) is 6.78. The normalized spacial score (nSPS) is 17.6. The van der Waals surface area contributed by atoms with Crippen LogP contribution in [0.1, 0.15) is 29.9 Å². The van der Waals surface area contributed by atoms with Crippen molar-refractivity contribution in [3.05, 3.63) is 35.7 Å². The number of rotatable bonds is 4. The lowest BCUT2D eigenvalue weighted by Crippen LogP contribution is -2.43. The third-order valence-corrected chi connectivity index (χ3v) is 4.97. The van der Waals surface area contributed by atoms with Crippen LogP contribution in [0.4, 0.5) is 5.82 Å². The molecule has 136 valence electrons. The molecular formula is C18H21N5O3. The molecule has 0 aromatic carbocycles. The van der Waals surface area contributed by atoms with Gasteiger partial charge in [-0.1, -0.05) is 5.16 Å². The quantitative estimate of drug-likeness (QED) is 0.767. The maximum Gasteiger partial charge on any atom is 0.231 e. The Bertz CT molecular complexity index is 918. The van der Waals surface area contributed by atoms with E-state index in [1.54, 1.807) is 12.3 Å². The fourth-order valence-corrected chi connectivity index (χ4v) is 3.44. The Morgan fingerprint density at radius 1 is 1.38 bits per heavy atom. The van der Waals surface area contributed by atoms with Gasteiger partial charge >= 0.3 is 0 Å². The van der Waals surface area contributed by atoms with Crippen molar-refractivity contribution >= 4 is 22.8 Å². The molecule has 0 saturated carbocycles. The van der Waals surface area contributed by atoms with Crippen LogP contribution < -0.4 is 10.2 Å². The third kappa shape index (κ3) is 3.02. The molecule has 8 nitrogen and oxygen atoms in total. The Kier molecular flexibility index (Phi) is 4.32. The summed E-state index contributed by atoms with van der Waals surface area (Å²) in [7, 11) is 0. The zero-order valence-corrected chi connectivity index (χ0v) is 14.9. The second-order valence-electron chi connectivity index (χ2n) is 6.64. The molecule has 1 saturated heterocycles. The lowest BCUT2D eigenvalue weighted by atomic mass is 9.96.